The molecule has 2 fully saturated rings. The highest BCUT2D eigenvalue weighted by Gasteiger charge is 2.26. The first-order valence-corrected chi connectivity index (χ1v) is 8.45. The summed E-state index contributed by atoms with van der Waals surface area (Å²) in [6.45, 7) is 3.40. The smallest absolute Gasteiger partial charge is 0.328 e. The van der Waals surface area contributed by atoms with Crippen LogP contribution < -0.4 is 11.2 Å². The number of hydrogen-bond donors (Lipinski definition) is 1. The van der Waals surface area contributed by atoms with E-state index in [9.17, 15) is 14.4 Å². The minimum atomic E-state index is -0.534. The van der Waals surface area contributed by atoms with E-state index in [4.69, 9.17) is 0 Å². The minimum absolute atomic E-state index is 0.0148. The Balaban J connectivity index is 1.59. The van der Waals surface area contributed by atoms with E-state index < -0.39 is 11.2 Å². The van der Waals surface area contributed by atoms with Crippen molar-refractivity contribution >= 4 is 5.91 Å². The van der Waals surface area contributed by atoms with Crippen LogP contribution in [0.25, 0.3) is 0 Å². The number of nitrogens with zero attached hydrogens (tertiary/aromatic N) is 3. The fourth-order valence-corrected chi connectivity index (χ4v) is 3.64. The number of carbonyl (C=O) groups is 1. The van der Waals surface area contributed by atoms with Gasteiger partial charge in [-0.3, -0.25) is 24.0 Å². The SMILES string of the molecule is O=C(Cn1ccc(=O)[nH]c1=O)N1CCCN(C2CCCC2)CC1. The molecule has 2 aliphatic rings. The van der Waals surface area contributed by atoms with Crippen molar-refractivity contribution in [2.45, 2.75) is 44.7 Å². The molecular formula is C16H24N4O3. The number of rotatable bonds is 3. The molecule has 1 amide bonds. The van der Waals surface area contributed by atoms with Gasteiger partial charge in [-0.25, -0.2) is 4.79 Å². The molecule has 1 aliphatic carbocycles. The predicted molar refractivity (Wildman–Crippen MR) is 86.3 cm³/mol. The Morgan fingerprint density at radius 3 is 2.61 bits per heavy atom. The van der Waals surface area contributed by atoms with E-state index in [2.05, 4.69) is 9.88 Å². The zero-order chi connectivity index (χ0) is 16.2. The van der Waals surface area contributed by atoms with Gasteiger partial charge in [-0.05, 0) is 19.3 Å². The van der Waals surface area contributed by atoms with Crippen LogP contribution in [0.3, 0.4) is 0 Å². The molecular weight excluding hydrogens is 296 g/mol. The molecule has 0 spiro atoms. The highest BCUT2D eigenvalue weighted by Crippen LogP contribution is 2.24. The molecule has 0 atom stereocenters. The molecule has 0 bridgehead atoms. The van der Waals surface area contributed by atoms with E-state index >= 15 is 0 Å². The van der Waals surface area contributed by atoms with Crippen LogP contribution >= 0.6 is 0 Å². The van der Waals surface area contributed by atoms with Crippen molar-refractivity contribution in [3.8, 4) is 0 Å². The third kappa shape index (κ3) is 3.90. The fourth-order valence-electron chi connectivity index (χ4n) is 3.64. The summed E-state index contributed by atoms with van der Waals surface area (Å²) in [4.78, 5) is 41.7. The number of carbonyl (C=O) groups excluding carboxylic acids is 1. The maximum absolute atomic E-state index is 12.4. The third-order valence-corrected chi connectivity index (χ3v) is 4.93. The third-order valence-electron chi connectivity index (χ3n) is 4.93. The van der Waals surface area contributed by atoms with Gasteiger partial charge in [-0.2, -0.15) is 0 Å². The van der Waals surface area contributed by atoms with Gasteiger partial charge in [0.2, 0.25) is 5.91 Å². The van der Waals surface area contributed by atoms with Crippen molar-refractivity contribution in [2.24, 2.45) is 0 Å². The maximum atomic E-state index is 12.4. The maximum Gasteiger partial charge on any atom is 0.328 e. The van der Waals surface area contributed by atoms with Crippen LogP contribution in [0.2, 0.25) is 0 Å². The summed E-state index contributed by atoms with van der Waals surface area (Å²) in [7, 11) is 0. The molecule has 23 heavy (non-hydrogen) atoms. The second kappa shape index (κ2) is 7.12. The molecule has 0 radical (unpaired) electrons. The summed E-state index contributed by atoms with van der Waals surface area (Å²) < 4.78 is 1.25. The molecule has 7 nitrogen and oxygen atoms in total. The van der Waals surface area contributed by atoms with Crippen LogP contribution in [0.4, 0.5) is 0 Å². The lowest BCUT2D eigenvalue weighted by atomic mass is 10.2. The molecule has 1 aromatic heterocycles. The highest BCUT2D eigenvalue weighted by molar-refractivity contribution is 5.76. The average Bonchev–Trinajstić information content (AvgIpc) is 2.94. The van der Waals surface area contributed by atoms with Crippen molar-refractivity contribution in [1.82, 2.24) is 19.4 Å². The molecule has 3 rings (SSSR count). The van der Waals surface area contributed by atoms with Crippen LogP contribution in [-0.2, 0) is 11.3 Å². The Morgan fingerprint density at radius 2 is 1.87 bits per heavy atom. The normalized spacial score (nSPS) is 20.6. The molecule has 1 N–H and O–H groups in total. The Hall–Kier alpha value is -1.89. The van der Waals surface area contributed by atoms with Gasteiger partial charge in [0.1, 0.15) is 6.54 Å². The minimum Gasteiger partial charge on any atom is -0.340 e. The van der Waals surface area contributed by atoms with E-state index in [0.29, 0.717) is 12.6 Å². The second-order valence-corrected chi connectivity index (χ2v) is 6.45. The lowest BCUT2D eigenvalue weighted by Crippen LogP contribution is -2.41. The molecule has 7 heteroatoms. The van der Waals surface area contributed by atoms with E-state index in [0.717, 1.165) is 26.1 Å². The van der Waals surface area contributed by atoms with Gasteiger partial charge >= 0.3 is 5.69 Å². The van der Waals surface area contributed by atoms with Crippen LogP contribution in [0, 0.1) is 0 Å². The summed E-state index contributed by atoms with van der Waals surface area (Å²) in [5, 5.41) is 0. The number of H-pyrrole nitrogens is 1. The second-order valence-electron chi connectivity index (χ2n) is 6.45. The molecule has 0 aromatic carbocycles. The van der Waals surface area contributed by atoms with Gasteiger partial charge in [0.25, 0.3) is 5.56 Å². The van der Waals surface area contributed by atoms with Crippen LogP contribution in [-0.4, -0.2) is 57.5 Å². The molecule has 1 saturated carbocycles. The monoisotopic (exact) mass is 320 g/mol. The largest absolute Gasteiger partial charge is 0.340 e. The highest BCUT2D eigenvalue weighted by atomic mass is 16.2. The van der Waals surface area contributed by atoms with E-state index in [1.165, 1.54) is 42.5 Å². The van der Waals surface area contributed by atoms with Gasteiger partial charge in [-0.1, -0.05) is 12.8 Å². The van der Waals surface area contributed by atoms with Crippen LogP contribution in [0.5, 0.6) is 0 Å². The zero-order valence-corrected chi connectivity index (χ0v) is 13.4. The molecule has 2 heterocycles. The summed E-state index contributed by atoms with van der Waals surface area (Å²) in [5.41, 5.74) is -0.978. The number of hydrogen-bond acceptors (Lipinski definition) is 4. The number of aromatic nitrogens is 2. The predicted octanol–water partition coefficient (Wildman–Crippen LogP) is 0.0135. The van der Waals surface area contributed by atoms with Gasteiger partial charge < -0.3 is 4.90 Å². The van der Waals surface area contributed by atoms with Crippen LogP contribution in [0.1, 0.15) is 32.1 Å². The van der Waals surface area contributed by atoms with Crippen molar-refractivity contribution in [1.29, 1.82) is 0 Å². The summed E-state index contributed by atoms with van der Waals surface area (Å²) in [6.07, 6.45) is 7.55. The van der Waals surface area contributed by atoms with Crippen molar-refractivity contribution in [2.75, 3.05) is 26.2 Å². The summed E-state index contributed by atoms with van der Waals surface area (Å²) in [5.74, 6) is -0.0626. The average molecular weight is 320 g/mol. The Labute approximate surface area is 134 Å². The molecule has 0 unspecified atom stereocenters. The quantitative estimate of drug-likeness (QED) is 0.851. The summed E-state index contributed by atoms with van der Waals surface area (Å²) >= 11 is 0. The first-order valence-electron chi connectivity index (χ1n) is 8.45. The standard InChI is InChI=1S/C16H24N4O3/c21-14-6-9-20(16(23)17-14)12-15(22)19-8-3-7-18(10-11-19)13-4-1-2-5-13/h6,9,13H,1-5,7-8,10-12H2,(H,17,21,23). The van der Waals surface area contributed by atoms with Crippen molar-refractivity contribution in [3.63, 3.8) is 0 Å². The van der Waals surface area contributed by atoms with Gasteiger partial charge in [0.05, 0.1) is 0 Å². The van der Waals surface area contributed by atoms with E-state index in [1.807, 2.05) is 4.90 Å². The Bertz CT molecular complexity index is 660. The van der Waals surface area contributed by atoms with Gasteiger partial charge in [-0.15, -0.1) is 0 Å². The first-order chi connectivity index (χ1) is 11.1. The van der Waals surface area contributed by atoms with Crippen molar-refractivity contribution < 1.29 is 4.79 Å². The molecule has 126 valence electrons. The molecule has 1 aliphatic heterocycles. The van der Waals surface area contributed by atoms with Gasteiger partial charge in [0, 0.05) is 44.5 Å². The lowest BCUT2D eigenvalue weighted by Gasteiger charge is -2.27. The Morgan fingerprint density at radius 1 is 1.09 bits per heavy atom. The lowest BCUT2D eigenvalue weighted by molar-refractivity contribution is -0.131. The molecule has 1 aromatic rings. The Kier molecular flexibility index (Phi) is 4.95. The number of amides is 1. The molecule has 1 saturated heterocycles. The zero-order valence-electron chi connectivity index (χ0n) is 13.4. The fraction of sp³-hybridized carbons (Fsp3) is 0.688. The van der Waals surface area contributed by atoms with Crippen LogP contribution in [0.15, 0.2) is 21.9 Å². The van der Waals surface area contributed by atoms with Crippen molar-refractivity contribution in [3.05, 3.63) is 33.1 Å². The van der Waals surface area contributed by atoms with E-state index in [1.54, 1.807) is 0 Å². The summed E-state index contributed by atoms with van der Waals surface area (Å²) in [6, 6.07) is 1.95. The van der Waals surface area contributed by atoms with E-state index in [-0.39, 0.29) is 12.5 Å². The number of nitrogens with one attached hydrogen (secondary N) is 1. The first kappa shape index (κ1) is 16.0. The topological polar surface area (TPSA) is 78.4 Å². The van der Waals surface area contributed by atoms with Gasteiger partial charge in [0.15, 0.2) is 0 Å². The number of aromatic amines is 1.